The predicted molar refractivity (Wildman–Crippen MR) is 69.6 cm³/mol. The second-order valence-corrected chi connectivity index (χ2v) is 4.21. The molecule has 6 heteroatoms. The largest absolute Gasteiger partial charge is 0.454 e. The van der Waals surface area contributed by atoms with E-state index in [1.165, 1.54) is 6.92 Å². The topological polar surface area (TPSA) is 80.6 Å². The van der Waals surface area contributed by atoms with Crippen LogP contribution in [0, 0.1) is 0 Å². The molecule has 2 amide bonds. The van der Waals surface area contributed by atoms with Crippen LogP contribution in [0.25, 0.3) is 0 Å². The van der Waals surface area contributed by atoms with E-state index < -0.39 is 0 Å². The number of rotatable bonds is 7. The molecule has 0 aliphatic rings. The Kier molecular flexibility index (Phi) is 6.08. The van der Waals surface area contributed by atoms with Crippen molar-refractivity contribution in [3.8, 4) is 0 Å². The molecule has 0 spiro atoms. The van der Waals surface area contributed by atoms with E-state index in [1.807, 2.05) is 6.92 Å². The number of ether oxygens (including phenoxy) is 1. The number of carbonyl (C=O) groups is 2. The van der Waals surface area contributed by atoms with Crippen LogP contribution in [0.3, 0.4) is 0 Å². The van der Waals surface area contributed by atoms with Crippen molar-refractivity contribution < 1.29 is 18.7 Å². The van der Waals surface area contributed by atoms with Crippen LogP contribution in [0.15, 0.2) is 16.5 Å². The van der Waals surface area contributed by atoms with Gasteiger partial charge in [0.25, 0.3) is 5.91 Å². The fraction of sp³-hybridized carbons (Fsp3) is 0.538. The molecule has 1 aromatic heterocycles. The summed E-state index contributed by atoms with van der Waals surface area (Å²) in [6.45, 7) is 4.13. The SMILES string of the molecule is CCC(COC)NC(=O)c1ccc(CNC(C)=O)o1. The summed E-state index contributed by atoms with van der Waals surface area (Å²) in [6, 6.07) is 3.22. The van der Waals surface area contributed by atoms with Gasteiger partial charge in [-0.05, 0) is 18.6 Å². The molecular formula is C13H20N2O4. The number of furan rings is 1. The molecule has 6 nitrogen and oxygen atoms in total. The minimum Gasteiger partial charge on any atom is -0.454 e. The quantitative estimate of drug-likeness (QED) is 0.775. The fourth-order valence-corrected chi connectivity index (χ4v) is 1.53. The monoisotopic (exact) mass is 268 g/mol. The Bertz CT molecular complexity index is 428. The number of methoxy groups -OCH3 is 1. The van der Waals surface area contributed by atoms with Crippen molar-refractivity contribution in [2.75, 3.05) is 13.7 Å². The Morgan fingerprint density at radius 1 is 1.42 bits per heavy atom. The van der Waals surface area contributed by atoms with Crippen molar-refractivity contribution in [1.29, 1.82) is 0 Å². The van der Waals surface area contributed by atoms with Gasteiger partial charge in [0, 0.05) is 14.0 Å². The van der Waals surface area contributed by atoms with Crippen LogP contribution in [-0.4, -0.2) is 31.6 Å². The van der Waals surface area contributed by atoms with Crippen molar-refractivity contribution in [2.45, 2.75) is 32.9 Å². The summed E-state index contributed by atoms with van der Waals surface area (Å²) < 4.78 is 10.4. The average molecular weight is 268 g/mol. The summed E-state index contributed by atoms with van der Waals surface area (Å²) in [5, 5.41) is 5.42. The lowest BCUT2D eigenvalue weighted by Gasteiger charge is -2.14. The van der Waals surface area contributed by atoms with E-state index in [0.717, 1.165) is 6.42 Å². The van der Waals surface area contributed by atoms with Gasteiger partial charge in [-0.1, -0.05) is 6.92 Å². The van der Waals surface area contributed by atoms with Crippen LogP contribution in [0.4, 0.5) is 0 Å². The fourth-order valence-electron chi connectivity index (χ4n) is 1.53. The first-order valence-corrected chi connectivity index (χ1v) is 6.19. The molecule has 0 radical (unpaired) electrons. The smallest absolute Gasteiger partial charge is 0.287 e. The lowest BCUT2D eigenvalue weighted by atomic mass is 10.2. The van der Waals surface area contributed by atoms with Gasteiger partial charge in [-0.3, -0.25) is 9.59 Å². The highest BCUT2D eigenvalue weighted by Crippen LogP contribution is 2.08. The van der Waals surface area contributed by atoms with Gasteiger partial charge in [0.1, 0.15) is 5.76 Å². The Hall–Kier alpha value is -1.82. The maximum absolute atomic E-state index is 11.9. The standard InChI is InChI=1S/C13H20N2O4/c1-4-10(8-18-3)15-13(17)12-6-5-11(19-12)7-14-9(2)16/h5-6,10H,4,7-8H2,1-3H3,(H,14,16)(H,15,17). The zero-order chi connectivity index (χ0) is 14.3. The minimum absolute atomic E-state index is 0.0404. The summed E-state index contributed by atoms with van der Waals surface area (Å²) in [6.07, 6.45) is 0.777. The van der Waals surface area contributed by atoms with Crippen LogP contribution < -0.4 is 10.6 Å². The maximum atomic E-state index is 11.9. The number of hydrogen-bond donors (Lipinski definition) is 2. The van der Waals surface area contributed by atoms with Crippen molar-refractivity contribution in [3.63, 3.8) is 0 Å². The number of carbonyl (C=O) groups excluding carboxylic acids is 2. The first-order valence-electron chi connectivity index (χ1n) is 6.19. The summed E-state index contributed by atoms with van der Waals surface area (Å²) in [4.78, 5) is 22.7. The van der Waals surface area contributed by atoms with Crippen molar-refractivity contribution in [1.82, 2.24) is 10.6 Å². The average Bonchev–Trinajstić information content (AvgIpc) is 2.84. The highest BCUT2D eigenvalue weighted by atomic mass is 16.5. The molecule has 1 aromatic rings. The predicted octanol–water partition coefficient (Wildman–Crippen LogP) is 1.07. The normalized spacial score (nSPS) is 11.9. The molecule has 0 aromatic carbocycles. The Morgan fingerprint density at radius 2 is 2.16 bits per heavy atom. The molecule has 0 bridgehead atoms. The molecule has 1 heterocycles. The molecule has 0 fully saturated rings. The van der Waals surface area contributed by atoms with Crippen molar-refractivity contribution >= 4 is 11.8 Å². The third-order valence-electron chi connectivity index (χ3n) is 2.59. The van der Waals surface area contributed by atoms with E-state index in [4.69, 9.17) is 9.15 Å². The van der Waals surface area contributed by atoms with Gasteiger partial charge >= 0.3 is 0 Å². The molecule has 0 aliphatic heterocycles. The van der Waals surface area contributed by atoms with Crippen LogP contribution in [0.2, 0.25) is 0 Å². The highest BCUT2D eigenvalue weighted by molar-refractivity contribution is 5.91. The molecule has 0 aliphatic carbocycles. The lowest BCUT2D eigenvalue weighted by molar-refractivity contribution is -0.119. The third-order valence-corrected chi connectivity index (χ3v) is 2.59. The first kappa shape index (κ1) is 15.2. The van der Waals surface area contributed by atoms with Crippen LogP contribution >= 0.6 is 0 Å². The van der Waals surface area contributed by atoms with E-state index in [-0.39, 0.29) is 30.2 Å². The highest BCUT2D eigenvalue weighted by Gasteiger charge is 2.15. The molecule has 1 atom stereocenters. The van der Waals surface area contributed by atoms with E-state index >= 15 is 0 Å². The minimum atomic E-state index is -0.280. The van der Waals surface area contributed by atoms with Gasteiger partial charge in [0.15, 0.2) is 5.76 Å². The van der Waals surface area contributed by atoms with E-state index in [2.05, 4.69) is 10.6 Å². The first-order chi connectivity index (χ1) is 9.06. The van der Waals surface area contributed by atoms with Gasteiger partial charge < -0.3 is 19.8 Å². The van der Waals surface area contributed by atoms with E-state index in [1.54, 1.807) is 19.2 Å². The summed E-state index contributed by atoms with van der Waals surface area (Å²) in [7, 11) is 1.59. The van der Waals surface area contributed by atoms with Crippen molar-refractivity contribution in [2.24, 2.45) is 0 Å². The second-order valence-electron chi connectivity index (χ2n) is 4.21. The summed E-state index contributed by atoms with van der Waals surface area (Å²) in [5.74, 6) is 0.349. The van der Waals surface area contributed by atoms with Crippen molar-refractivity contribution in [3.05, 3.63) is 23.7 Å². The van der Waals surface area contributed by atoms with Gasteiger partial charge in [0.05, 0.1) is 19.2 Å². The number of nitrogens with one attached hydrogen (secondary N) is 2. The zero-order valence-electron chi connectivity index (χ0n) is 11.5. The number of amides is 2. The molecule has 106 valence electrons. The van der Waals surface area contributed by atoms with Crippen LogP contribution in [0.5, 0.6) is 0 Å². The van der Waals surface area contributed by atoms with Gasteiger partial charge in [-0.25, -0.2) is 0 Å². The second kappa shape index (κ2) is 7.58. The van der Waals surface area contributed by atoms with Gasteiger partial charge in [0.2, 0.25) is 5.91 Å². The molecule has 0 saturated carbocycles. The van der Waals surface area contributed by atoms with Gasteiger partial charge in [-0.2, -0.15) is 0 Å². The van der Waals surface area contributed by atoms with E-state index in [0.29, 0.717) is 12.4 Å². The summed E-state index contributed by atoms with van der Waals surface area (Å²) in [5.41, 5.74) is 0. The molecule has 1 unspecified atom stereocenters. The lowest BCUT2D eigenvalue weighted by Crippen LogP contribution is -2.37. The molecular weight excluding hydrogens is 248 g/mol. The van der Waals surface area contributed by atoms with Crippen LogP contribution in [0.1, 0.15) is 36.6 Å². The Labute approximate surface area is 112 Å². The Morgan fingerprint density at radius 3 is 2.74 bits per heavy atom. The Balaban J connectivity index is 2.55. The molecule has 19 heavy (non-hydrogen) atoms. The van der Waals surface area contributed by atoms with Gasteiger partial charge in [-0.15, -0.1) is 0 Å². The number of hydrogen-bond acceptors (Lipinski definition) is 4. The maximum Gasteiger partial charge on any atom is 0.287 e. The summed E-state index contributed by atoms with van der Waals surface area (Å²) >= 11 is 0. The third kappa shape index (κ3) is 5.13. The molecule has 0 saturated heterocycles. The molecule has 1 rings (SSSR count). The molecule has 2 N–H and O–H groups in total. The van der Waals surface area contributed by atoms with E-state index in [9.17, 15) is 9.59 Å². The van der Waals surface area contributed by atoms with Crippen LogP contribution in [-0.2, 0) is 16.1 Å². The zero-order valence-corrected chi connectivity index (χ0v) is 11.5.